The van der Waals surface area contributed by atoms with E-state index < -0.39 is 0 Å². The van der Waals surface area contributed by atoms with Crippen LogP contribution in [0.2, 0.25) is 0 Å². The molecule has 4 heteroatoms. The van der Waals surface area contributed by atoms with Gasteiger partial charge in [-0.1, -0.05) is 12.1 Å². The molecule has 2 N–H and O–H groups in total. The van der Waals surface area contributed by atoms with Crippen molar-refractivity contribution in [3.8, 4) is 0 Å². The van der Waals surface area contributed by atoms with Crippen LogP contribution in [0.5, 0.6) is 0 Å². The molecule has 17 heavy (non-hydrogen) atoms. The lowest BCUT2D eigenvalue weighted by Gasteiger charge is -2.06. The van der Waals surface area contributed by atoms with E-state index in [4.69, 9.17) is 9.84 Å². The lowest BCUT2D eigenvalue weighted by atomic mass is 10.1. The molecule has 0 saturated carbocycles. The first-order chi connectivity index (χ1) is 8.24. The number of rotatable bonds is 8. The lowest BCUT2D eigenvalue weighted by Crippen LogP contribution is -2.16. The fourth-order valence-corrected chi connectivity index (χ4v) is 1.52. The quantitative estimate of drug-likeness (QED) is 0.680. The topological polar surface area (TPSA) is 41.5 Å². The van der Waals surface area contributed by atoms with E-state index in [-0.39, 0.29) is 12.4 Å². The third kappa shape index (κ3) is 5.77. The number of hydrogen-bond donors (Lipinski definition) is 2. The molecule has 0 amide bonds. The van der Waals surface area contributed by atoms with E-state index >= 15 is 0 Å². The van der Waals surface area contributed by atoms with Gasteiger partial charge in [0.2, 0.25) is 0 Å². The first-order valence-electron chi connectivity index (χ1n) is 5.88. The van der Waals surface area contributed by atoms with Gasteiger partial charge in [-0.15, -0.1) is 0 Å². The Balaban J connectivity index is 2.11. The number of nitrogens with one attached hydrogen (secondary N) is 1. The normalized spacial score (nSPS) is 10.8. The van der Waals surface area contributed by atoms with Crippen LogP contribution in [0.4, 0.5) is 4.39 Å². The standard InChI is InChI=1S/C13H20FNO2/c1-11-9-12(3-4-13(11)14)10-15-5-2-7-17-8-6-16/h3-4,9,15-16H,2,5-8,10H2,1H3. The molecule has 0 aliphatic heterocycles. The third-order valence-corrected chi connectivity index (χ3v) is 2.43. The van der Waals surface area contributed by atoms with Gasteiger partial charge in [0.25, 0.3) is 0 Å². The zero-order valence-electron chi connectivity index (χ0n) is 10.2. The Morgan fingerprint density at radius 2 is 2.18 bits per heavy atom. The number of hydrogen-bond acceptors (Lipinski definition) is 3. The van der Waals surface area contributed by atoms with Gasteiger partial charge in [0, 0.05) is 13.2 Å². The maximum absolute atomic E-state index is 13.0. The molecule has 0 radical (unpaired) electrons. The Hall–Kier alpha value is -0.970. The van der Waals surface area contributed by atoms with Crippen LogP contribution in [0.1, 0.15) is 17.5 Å². The molecule has 0 aliphatic carbocycles. The van der Waals surface area contributed by atoms with Gasteiger partial charge in [-0.25, -0.2) is 4.39 Å². The van der Waals surface area contributed by atoms with E-state index in [0.717, 1.165) is 25.1 Å². The first kappa shape index (κ1) is 14.1. The molecule has 1 aromatic carbocycles. The van der Waals surface area contributed by atoms with Crippen LogP contribution in [0.3, 0.4) is 0 Å². The second kappa shape index (κ2) is 8.17. The Morgan fingerprint density at radius 1 is 1.35 bits per heavy atom. The van der Waals surface area contributed by atoms with Crippen LogP contribution >= 0.6 is 0 Å². The maximum atomic E-state index is 13.0. The van der Waals surface area contributed by atoms with E-state index in [1.165, 1.54) is 6.07 Å². The predicted octanol–water partition coefficient (Wildman–Crippen LogP) is 1.62. The second-order valence-electron chi connectivity index (χ2n) is 3.95. The summed E-state index contributed by atoms with van der Waals surface area (Å²) in [5.74, 6) is -0.161. The van der Waals surface area contributed by atoms with Crippen molar-refractivity contribution in [2.24, 2.45) is 0 Å². The molecule has 0 unspecified atom stereocenters. The van der Waals surface area contributed by atoms with E-state index in [1.54, 1.807) is 13.0 Å². The van der Waals surface area contributed by atoms with Crippen molar-refractivity contribution in [3.05, 3.63) is 35.1 Å². The molecule has 0 bridgehead atoms. The SMILES string of the molecule is Cc1cc(CNCCCOCCO)ccc1F. The number of aliphatic hydroxyl groups excluding tert-OH is 1. The highest BCUT2D eigenvalue weighted by Crippen LogP contribution is 2.08. The first-order valence-corrected chi connectivity index (χ1v) is 5.88. The van der Waals surface area contributed by atoms with Gasteiger partial charge in [0.1, 0.15) is 5.82 Å². The third-order valence-electron chi connectivity index (χ3n) is 2.43. The van der Waals surface area contributed by atoms with E-state index in [2.05, 4.69) is 5.32 Å². The summed E-state index contributed by atoms with van der Waals surface area (Å²) in [4.78, 5) is 0. The van der Waals surface area contributed by atoms with Crippen LogP contribution in [-0.2, 0) is 11.3 Å². The summed E-state index contributed by atoms with van der Waals surface area (Å²) in [5.41, 5.74) is 1.76. The molecule has 0 atom stereocenters. The zero-order chi connectivity index (χ0) is 12.5. The van der Waals surface area contributed by atoms with Crippen molar-refractivity contribution < 1.29 is 14.2 Å². The van der Waals surface area contributed by atoms with E-state index in [0.29, 0.717) is 18.8 Å². The number of aryl methyl sites for hydroxylation is 1. The van der Waals surface area contributed by atoms with E-state index in [9.17, 15) is 4.39 Å². The fraction of sp³-hybridized carbons (Fsp3) is 0.538. The predicted molar refractivity (Wildman–Crippen MR) is 65.4 cm³/mol. The maximum Gasteiger partial charge on any atom is 0.126 e. The van der Waals surface area contributed by atoms with Gasteiger partial charge in [0.15, 0.2) is 0 Å². The lowest BCUT2D eigenvalue weighted by molar-refractivity contribution is 0.0907. The summed E-state index contributed by atoms with van der Waals surface area (Å²) >= 11 is 0. The second-order valence-corrected chi connectivity index (χ2v) is 3.95. The molecule has 0 aromatic heterocycles. The number of aliphatic hydroxyl groups is 1. The van der Waals surface area contributed by atoms with Crippen molar-refractivity contribution in [2.45, 2.75) is 19.9 Å². The molecule has 96 valence electrons. The van der Waals surface area contributed by atoms with Crippen LogP contribution in [0.25, 0.3) is 0 Å². The van der Waals surface area contributed by atoms with Gasteiger partial charge in [0.05, 0.1) is 13.2 Å². The summed E-state index contributed by atoms with van der Waals surface area (Å²) in [5, 5.41) is 11.8. The Bertz CT molecular complexity index is 331. The minimum absolute atomic E-state index is 0.0717. The van der Waals surface area contributed by atoms with Gasteiger partial charge in [-0.05, 0) is 37.1 Å². The Kier molecular flexibility index (Phi) is 6.77. The van der Waals surface area contributed by atoms with Gasteiger partial charge >= 0.3 is 0 Å². The van der Waals surface area contributed by atoms with Crippen molar-refractivity contribution in [1.29, 1.82) is 0 Å². The Labute approximate surface area is 102 Å². The molecule has 3 nitrogen and oxygen atoms in total. The summed E-state index contributed by atoms with van der Waals surface area (Å²) in [7, 11) is 0. The molecular weight excluding hydrogens is 221 g/mol. The molecular formula is C13H20FNO2. The van der Waals surface area contributed by atoms with Gasteiger partial charge < -0.3 is 15.2 Å². The molecule has 0 saturated heterocycles. The minimum Gasteiger partial charge on any atom is -0.394 e. The monoisotopic (exact) mass is 241 g/mol. The average Bonchev–Trinajstić information content (AvgIpc) is 2.32. The smallest absolute Gasteiger partial charge is 0.126 e. The Morgan fingerprint density at radius 3 is 2.88 bits per heavy atom. The van der Waals surface area contributed by atoms with Crippen molar-refractivity contribution >= 4 is 0 Å². The largest absolute Gasteiger partial charge is 0.394 e. The molecule has 0 aliphatic rings. The van der Waals surface area contributed by atoms with Crippen LogP contribution in [0.15, 0.2) is 18.2 Å². The highest BCUT2D eigenvalue weighted by molar-refractivity contribution is 5.23. The van der Waals surface area contributed by atoms with Crippen molar-refractivity contribution in [1.82, 2.24) is 5.32 Å². The van der Waals surface area contributed by atoms with Crippen molar-refractivity contribution in [3.63, 3.8) is 0 Å². The summed E-state index contributed by atoms with van der Waals surface area (Å²) in [6.45, 7) is 4.47. The molecule has 0 fully saturated rings. The number of benzene rings is 1. The number of halogens is 1. The van der Waals surface area contributed by atoms with Gasteiger partial charge in [-0.3, -0.25) is 0 Å². The minimum atomic E-state index is -0.161. The molecule has 1 rings (SSSR count). The van der Waals surface area contributed by atoms with Crippen LogP contribution in [0, 0.1) is 12.7 Å². The van der Waals surface area contributed by atoms with Crippen molar-refractivity contribution in [2.75, 3.05) is 26.4 Å². The van der Waals surface area contributed by atoms with E-state index in [1.807, 2.05) is 6.07 Å². The summed E-state index contributed by atoms with van der Waals surface area (Å²) in [6, 6.07) is 5.14. The zero-order valence-corrected chi connectivity index (χ0v) is 10.2. The molecule has 0 heterocycles. The molecule has 0 spiro atoms. The number of ether oxygens (including phenoxy) is 1. The van der Waals surface area contributed by atoms with Crippen LogP contribution in [-0.4, -0.2) is 31.5 Å². The average molecular weight is 241 g/mol. The summed E-state index contributed by atoms with van der Waals surface area (Å²) < 4.78 is 18.1. The van der Waals surface area contributed by atoms with Gasteiger partial charge in [-0.2, -0.15) is 0 Å². The fourth-order valence-electron chi connectivity index (χ4n) is 1.52. The highest BCUT2D eigenvalue weighted by Gasteiger charge is 1.98. The highest BCUT2D eigenvalue weighted by atomic mass is 19.1. The molecule has 1 aromatic rings. The summed E-state index contributed by atoms with van der Waals surface area (Å²) in [6.07, 6.45) is 0.903. The van der Waals surface area contributed by atoms with Crippen LogP contribution < -0.4 is 5.32 Å².